The van der Waals surface area contributed by atoms with E-state index < -0.39 is 0 Å². The molecule has 3 N–H and O–H groups in total. The van der Waals surface area contributed by atoms with E-state index in [2.05, 4.69) is 41.5 Å². The summed E-state index contributed by atoms with van der Waals surface area (Å²) in [6.45, 7) is 12.4. The van der Waals surface area contributed by atoms with Gasteiger partial charge in [0.25, 0.3) is 0 Å². The fourth-order valence-corrected chi connectivity index (χ4v) is 2.93. The van der Waals surface area contributed by atoms with Crippen LogP contribution in [0.2, 0.25) is 0 Å². The number of para-hydroxylation sites is 3. The van der Waals surface area contributed by atoms with E-state index >= 15 is 0 Å². The van der Waals surface area contributed by atoms with Gasteiger partial charge in [-0.2, -0.15) is 9.90 Å². The molecule has 0 fully saturated rings. The van der Waals surface area contributed by atoms with Crippen LogP contribution in [0.15, 0.2) is 72.8 Å². The Morgan fingerprint density at radius 1 is 0.419 bits per heavy atom. The Balaban J connectivity index is 0.000000429. The van der Waals surface area contributed by atoms with E-state index in [0.29, 0.717) is 35.0 Å². The maximum absolute atomic E-state index is 9.28. The number of phenols is 3. The Morgan fingerprint density at radius 3 is 0.742 bits per heavy atom. The van der Waals surface area contributed by atoms with Gasteiger partial charge in [0, 0.05) is 0 Å². The number of aromatic hydroxyl groups is 3. The number of benzene rings is 3. The van der Waals surface area contributed by atoms with E-state index in [-0.39, 0.29) is 9.90 Å². The molecule has 31 heavy (non-hydrogen) atoms. The molecular formula is C27H39O3P. The van der Waals surface area contributed by atoms with Crippen LogP contribution in [0.3, 0.4) is 0 Å². The summed E-state index contributed by atoms with van der Waals surface area (Å²) in [5.74, 6) is 2.41. The second-order valence-electron chi connectivity index (χ2n) is 8.14. The van der Waals surface area contributed by atoms with E-state index in [1.54, 1.807) is 18.2 Å². The first-order valence-electron chi connectivity index (χ1n) is 10.5. The zero-order chi connectivity index (χ0) is 22.7. The first-order valence-corrected chi connectivity index (χ1v) is 10.5. The first kappa shape index (κ1) is 28.5. The molecule has 170 valence electrons. The van der Waals surface area contributed by atoms with Crippen molar-refractivity contribution in [1.82, 2.24) is 0 Å². The lowest BCUT2D eigenvalue weighted by atomic mass is 10.0. The van der Waals surface area contributed by atoms with Crippen molar-refractivity contribution in [2.24, 2.45) is 0 Å². The van der Waals surface area contributed by atoms with Gasteiger partial charge in [0.1, 0.15) is 17.2 Å². The molecule has 0 aromatic heterocycles. The van der Waals surface area contributed by atoms with Crippen LogP contribution in [0, 0.1) is 0 Å². The highest BCUT2D eigenvalue weighted by Crippen LogP contribution is 2.25. The molecule has 0 aliphatic rings. The Morgan fingerprint density at radius 2 is 0.613 bits per heavy atom. The van der Waals surface area contributed by atoms with Gasteiger partial charge < -0.3 is 15.3 Å². The minimum Gasteiger partial charge on any atom is -0.508 e. The van der Waals surface area contributed by atoms with Crippen LogP contribution >= 0.6 is 9.90 Å². The molecule has 3 aromatic rings. The Kier molecular flexibility index (Phi) is 13.3. The molecule has 3 rings (SSSR count). The second-order valence-corrected chi connectivity index (χ2v) is 8.14. The van der Waals surface area contributed by atoms with Gasteiger partial charge in [-0.25, -0.2) is 0 Å². The van der Waals surface area contributed by atoms with Crippen LogP contribution in [-0.4, -0.2) is 15.3 Å². The lowest BCUT2D eigenvalue weighted by Crippen LogP contribution is -1.85. The summed E-state index contributed by atoms with van der Waals surface area (Å²) < 4.78 is 0. The lowest BCUT2D eigenvalue weighted by molar-refractivity contribution is 0.464. The molecule has 3 nitrogen and oxygen atoms in total. The van der Waals surface area contributed by atoms with Crippen LogP contribution in [0.5, 0.6) is 17.2 Å². The molecule has 0 bridgehead atoms. The fraction of sp³-hybridized carbons (Fsp3) is 0.333. The summed E-state index contributed by atoms with van der Waals surface area (Å²) in [6, 6.07) is 22.3. The SMILES string of the molecule is CC(C)c1ccccc1O.CC(C)c1ccccc1O.CC(C)c1ccccc1O.P. The third kappa shape index (κ3) is 9.89. The number of hydrogen-bond donors (Lipinski definition) is 3. The summed E-state index contributed by atoms with van der Waals surface area (Å²) in [7, 11) is 0. The van der Waals surface area contributed by atoms with Crippen molar-refractivity contribution in [1.29, 1.82) is 0 Å². The average molecular weight is 443 g/mol. The summed E-state index contributed by atoms with van der Waals surface area (Å²) in [6.07, 6.45) is 0. The lowest BCUT2D eigenvalue weighted by Gasteiger charge is -2.05. The molecule has 0 radical (unpaired) electrons. The molecular weight excluding hydrogens is 403 g/mol. The van der Waals surface area contributed by atoms with Crippen molar-refractivity contribution in [3.63, 3.8) is 0 Å². The Bertz CT molecular complexity index is 771. The molecule has 3 aromatic carbocycles. The van der Waals surface area contributed by atoms with Gasteiger partial charge in [-0.3, -0.25) is 0 Å². The van der Waals surface area contributed by atoms with Crippen LogP contribution in [-0.2, 0) is 0 Å². The smallest absolute Gasteiger partial charge is 0.119 e. The van der Waals surface area contributed by atoms with Crippen LogP contribution < -0.4 is 0 Å². The highest BCUT2D eigenvalue weighted by atomic mass is 31.0. The molecule has 1 atom stereocenters. The molecule has 0 saturated carbocycles. The topological polar surface area (TPSA) is 60.7 Å². The van der Waals surface area contributed by atoms with Gasteiger partial charge in [-0.05, 0) is 52.6 Å². The van der Waals surface area contributed by atoms with E-state index in [4.69, 9.17) is 0 Å². The molecule has 0 amide bonds. The van der Waals surface area contributed by atoms with Crippen molar-refractivity contribution in [2.45, 2.75) is 59.3 Å². The highest BCUT2D eigenvalue weighted by Gasteiger charge is 2.03. The van der Waals surface area contributed by atoms with Crippen LogP contribution in [0.1, 0.15) is 76.0 Å². The minimum atomic E-state index is 0. The molecule has 0 saturated heterocycles. The predicted molar refractivity (Wildman–Crippen MR) is 138 cm³/mol. The van der Waals surface area contributed by atoms with Crippen molar-refractivity contribution in [3.8, 4) is 17.2 Å². The largest absolute Gasteiger partial charge is 0.508 e. The minimum absolute atomic E-state index is 0. The average Bonchev–Trinajstić information content (AvgIpc) is 2.69. The zero-order valence-corrected chi connectivity index (χ0v) is 21.1. The van der Waals surface area contributed by atoms with Crippen molar-refractivity contribution in [3.05, 3.63) is 89.5 Å². The van der Waals surface area contributed by atoms with Gasteiger partial charge in [0.05, 0.1) is 0 Å². The van der Waals surface area contributed by atoms with Gasteiger partial charge in [-0.1, -0.05) is 96.1 Å². The van der Waals surface area contributed by atoms with Gasteiger partial charge in [0.2, 0.25) is 0 Å². The molecule has 0 spiro atoms. The Labute approximate surface area is 191 Å². The molecule has 1 unspecified atom stereocenters. The maximum atomic E-state index is 9.28. The Hall–Kier alpha value is -2.51. The molecule has 0 heterocycles. The zero-order valence-electron chi connectivity index (χ0n) is 19.7. The molecule has 0 aliphatic carbocycles. The highest BCUT2D eigenvalue weighted by molar-refractivity contribution is 6.92. The normalized spacial score (nSPS) is 9.97. The van der Waals surface area contributed by atoms with E-state index in [0.717, 1.165) is 16.7 Å². The van der Waals surface area contributed by atoms with Crippen molar-refractivity contribution in [2.75, 3.05) is 0 Å². The van der Waals surface area contributed by atoms with Crippen molar-refractivity contribution < 1.29 is 15.3 Å². The van der Waals surface area contributed by atoms with E-state index in [9.17, 15) is 15.3 Å². The van der Waals surface area contributed by atoms with Crippen LogP contribution in [0.25, 0.3) is 0 Å². The number of phenolic OH excluding ortho intramolecular Hbond substituents is 3. The number of rotatable bonds is 3. The fourth-order valence-electron chi connectivity index (χ4n) is 2.93. The van der Waals surface area contributed by atoms with E-state index in [1.807, 2.05) is 54.6 Å². The summed E-state index contributed by atoms with van der Waals surface area (Å²) >= 11 is 0. The maximum Gasteiger partial charge on any atom is 0.119 e. The number of hydrogen-bond acceptors (Lipinski definition) is 3. The molecule has 4 heteroatoms. The van der Waals surface area contributed by atoms with Gasteiger partial charge in [0.15, 0.2) is 0 Å². The predicted octanol–water partition coefficient (Wildman–Crippen LogP) is 7.60. The summed E-state index contributed by atoms with van der Waals surface area (Å²) in [4.78, 5) is 0. The third-order valence-electron chi connectivity index (χ3n) is 4.68. The first-order chi connectivity index (χ1) is 14.1. The second kappa shape index (κ2) is 14.5. The van der Waals surface area contributed by atoms with Gasteiger partial charge in [-0.15, -0.1) is 0 Å². The van der Waals surface area contributed by atoms with Gasteiger partial charge >= 0.3 is 0 Å². The third-order valence-corrected chi connectivity index (χ3v) is 4.68. The van der Waals surface area contributed by atoms with Crippen molar-refractivity contribution >= 4 is 9.90 Å². The van der Waals surface area contributed by atoms with Crippen LogP contribution in [0.4, 0.5) is 0 Å². The molecule has 0 aliphatic heterocycles. The van der Waals surface area contributed by atoms with E-state index in [1.165, 1.54) is 0 Å². The standard InChI is InChI=1S/3C9H12O.H3P/c3*1-7(2)8-5-3-4-6-9(8)10;/h3*3-7,10H,1-2H3;1H3. The summed E-state index contributed by atoms with van der Waals surface area (Å²) in [5, 5.41) is 27.8. The monoisotopic (exact) mass is 442 g/mol. The summed E-state index contributed by atoms with van der Waals surface area (Å²) in [5.41, 5.74) is 3.05. The quantitative estimate of drug-likeness (QED) is 0.366.